The van der Waals surface area contributed by atoms with E-state index in [-0.39, 0.29) is 0 Å². The molecule has 162 valence electrons. The van der Waals surface area contributed by atoms with Gasteiger partial charge in [0.2, 0.25) is 11.4 Å². The third-order valence-corrected chi connectivity index (χ3v) is 6.70. The zero-order valence-electron chi connectivity index (χ0n) is 23.2. The Balaban J connectivity index is 1.75. The molecule has 0 fully saturated rings. The van der Waals surface area contributed by atoms with Crippen LogP contribution in [0.15, 0.2) is 71.3 Å². The molecule has 0 aliphatic heterocycles. The SMILES string of the molecule is [2H]C([2H])([2H])C([2H])(C)c1ccc2c(-c3c(C)c4ccccc4c4c3oc3nc(C)ccc34)[n+](C)ccc2c1. The highest BCUT2D eigenvalue weighted by atomic mass is 16.3. The molecule has 6 rings (SSSR count). The van der Waals surface area contributed by atoms with Gasteiger partial charge in [0.15, 0.2) is 11.8 Å². The van der Waals surface area contributed by atoms with Gasteiger partial charge in [-0.2, -0.15) is 0 Å². The maximum atomic E-state index is 8.58. The summed E-state index contributed by atoms with van der Waals surface area (Å²) in [6, 6.07) is 19.9. The molecule has 1 unspecified atom stereocenters. The van der Waals surface area contributed by atoms with Crippen LogP contribution in [0.3, 0.4) is 0 Å². The van der Waals surface area contributed by atoms with Crippen molar-refractivity contribution in [2.45, 2.75) is 33.5 Å². The van der Waals surface area contributed by atoms with Crippen LogP contribution in [-0.2, 0) is 7.05 Å². The number of aromatic nitrogens is 2. The van der Waals surface area contributed by atoms with Crippen LogP contribution in [0, 0.1) is 13.8 Å². The van der Waals surface area contributed by atoms with Crippen molar-refractivity contribution in [3.8, 4) is 11.3 Å². The summed E-state index contributed by atoms with van der Waals surface area (Å²) in [7, 11) is 2.01. The fraction of sp³-hybridized carbons (Fsp3) is 0.200. The number of benzene rings is 3. The first kappa shape index (κ1) is 16.0. The molecule has 3 heteroatoms. The predicted octanol–water partition coefficient (Wildman–Crippen LogP) is 7.52. The molecule has 0 radical (unpaired) electrons. The van der Waals surface area contributed by atoms with Crippen molar-refractivity contribution in [2.24, 2.45) is 7.05 Å². The Morgan fingerprint density at radius 1 is 0.970 bits per heavy atom. The predicted molar refractivity (Wildman–Crippen MR) is 137 cm³/mol. The van der Waals surface area contributed by atoms with Crippen LogP contribution in [0.2, 0.25) is 0 Å². The molecule has 0 spiro atoms. The summed E-state index contributed by atoms with van der Waals surface area (Å²) in [4.78, 5) is 4.68. The molecule has 0 N–H and O–H groups in total. The normalized spacial score (nSPS) is 16.0. The Kier molecular flexibility index (Phi) is 3.46. The van der Waals surface area contributed by atoms with Gasteiger partial charge in [-0.3, -0.25) is 0 Å². The Morgan fingerprint density at radius 2 is 1.76 bits per heavy atom. The van der Waals surface area contributed by atoms with E-state index >= 15 is 0 Å². The van der Waals surface area contributed by atoms with Crippen molar-refractivity contribution in [1.29, 1.82) is 0 Å². The number of aryl methyl sites for hydroxylation is 3. The van der Waals surface area contributed by atoms with Crippen molar-refractivity contribution in [1.82, 2.24) is 4.98 Å². The highest BCUT2D eigenvalue weighted by Crippen LogP contribution is 2.43. The second kappa shape index (κ2) is 7.14. The Hall–Kier alpha value is -3.72. The van der Waals surface area contributed by atoms with Gasteiger partial charge in [0.05, 0.1) is 10.9 Å². The number of hydrogen-bond acceptors (Lipinski definition) is 2. The summed E-state index contributed by atoms with van der Waals surface area (Å²) >= 11 is 0. The van der Waals surface area contributed by atoms with Crippen molar-refractivity contribution in [3.05, 3.63) is 83.7 Å². The molecule has 0 amide bonds. The molecule has 0 saturated carbocycles. The lowest BCUT2D eigenvalue weighted by atomic mass is 9.91. The number of nitrogens with zero attached hydrogens (tertiary/aromatic N) is 2. The Bertz CT molecular complexity index is 1880. The van der Waals surface area contributed by atoms with E-state index < -0.39 is 12.7 Å². The minimum atomic E-state index is -2.44. The Labute approximate surface area is 198 Å². The third-order valence-electron chi connectivity index (χ3n) is 6.70. The molecule has 33 heavy (non-hydrogen) atoms. The van der Waals surface area contributed by atoms with Gasteiger partial charge in [-0.1, -0.05) is 50.2 Å². The lowest BCUT2D eigenvalue weighted by Crippen LogP contribution is -2.30. The average molecular weight is 436 g/mol. The first-order chi connectivity index (χ1) is 17.5. The highest BCUT2D eigenvalue weighted by molar-refractivity contribution is 6.23. The van der Waals surface area contributed by atoms with E-state index in [1.54, 1.807) is 6.07 Å². The number of rotatable bonds is 2. The van der Waals surface area contributed by atoms with Gasteiger partial charge in [0, 0.05) is 28.0 Å². The molecule has 3 aromatic heterocycles. The second-order valence-corrected chi connectivity index (χ2v) is 8.86. The summed E-state index contributed by atoms with van der Waals surface area (Å²) in [5.74, 6) is -1.71. The third kappa shape index (κ3) is 2.88. The van der Waals surface area contributed by atoms with E-state index in [1.165, 1.54) is 6.92 Å². The van der Waals surface area contributed by atoms with Crippen molar-refractivity contribution in [2.75, 3.05) is 0 Å². The van der Waals surface area contributed by atoms with Crippen LogP contribution in [-0.4, -0.2) is 4.98 Å². The second-order valence-electron chi connectivity index (χ2n) is 8.86. The summed E-state index contributed by atoms with van der Waals surface area (Å²) in [6.45, 7) is 3.08. The van der Waals surface area contributed by atoms with E-state index in [4.69, 9.17) is 9.90 Å². The Morgan fingerprint density at radius 3 is 2.58 bits per heavy atom. The maximum absolute atomic E-state index is 8.58. The van der Waals surface area contributed by atoms with Gasteiger partial charge in [0.25, 0.3) is 0 Å². The van der Waals surface area contributed by atoms with Crippen molar-refractivity contribution < 1.29 is 14.5 Å². The summed E-state index contributed by atoms with van der Waals surface area (Å²) < 4.78 is 40.8. The number of pyridine rings is 2. The largest absolute Gasteiger partial charge is 0.437 e. The van der Waals surface area contributed by atoms with Crippen LogP contribution >= 0.6 is 0 Å². The summed E-state index contributed by atoms with van der Waals surface area (Å²) in [5, 5.41) is 6.11. The minimum absolute atomic E-state index is 0.462. The first-order valence-electron chi connectivity index (χ1n) is 13.1. The quantitative estimate of drug-likeness (QED) is 0.263. The lowest BCUT2D eigenvalue weighted by Gasteiger charge is -2.13. The van der Waals surface area contributed by atoms with Gasteiger partial charge < -0.3 is 4.42 Å². The van der Waals surface area contributed by atoms with Crippen LogP contribution in [0.4, 0.5) is 0 Å². The molecule has 3 nitrogen and oxygen atoms in total. The molecule has 1 atom stereocenters. The van der Waals surface area contributed by atoms with Crippen LogP contribution in [0.5, 0.6) is 0 Å². The van der Waals surface area contributed by atoms with Gasteiger partial charge in [-0.25, -0.2) is 9.55 Å². The van der Waals surface area contributed by atoms with E-state index in [9.17, 15) is 0 Å². The topological polar surface area (TPSA) is 29.9 Å². The average Bonchev–Trinajstić information content (AvgIpc) is 3.22. The van der Waals surface area contributed by atoms with Crippen LogP contribution in [0.1, 0.15) is 42.0 Å². The number of fused-ring (bicyclic) bond motifs is 6. The fourth-order valence-corrected chi connectivity index (χ4v) is 5.05. The van der Waals surface area contributed by atoms with E-state index in [0.717, 1.165) is 60.4 Å². The first-order valence-corrected chi connectivity index (χ1v) is 11.1. The van der Waals surface area contributed by atoms with Crippen LogP contribution in [0.25, 0.3) is 54.9 Å². The molecule has 3 heterocycles. The zero-order chi connectivity index (χ0) is 26.3. The molecule has 6 aromatic rings. The van der Waals surface area contributed by atoms with E-state index in [2.05, 4.69) is 40.7 Å². The van der Waals surface area contributed by atoms with Gasteiger partial charge in [-0.05, 0) is 65.2 Å². The number of hydrogen-bond donors (Lipinski definition) is 0. The van der Waals surface area contributed by atoms with Gasteiger partial charge in [0.1, 0.15) is 7.05 Å². The lowest BCUT2D eigenvalue weighted by molar-refractivity contribution is -0.659. The fourth-order valence-electron chi connectivity index (χ4n) is 5.05. The van der Waals surface area contributed by atoms with E-state index in [1.807, 2.05) is 50.5 Å². The molecular weight excluding hydrogens is 404 g/mol. The zero-order valence-corrected chi connectivity index (χ0v) is 19.2. The van der Waals surface area contributed by atoms with Crippen molar-refractivity contribution in [3.63, 3.8) is 0 Å². The standard InChI is InChI=1S/C30H27N2O/c1-17(2)20-11-13-23-21(16-20)14-15-32(5)28(23)26-19(4)22-8-6-7-9-24(22)27-25-12-10-18(3)31-30(25)33-29(26)27/h6-17H,1-5H3/q+1/i1D3,17D. The molecule has 3 aromatic carbocycles. The van der Waals surface area contributed by atoms with Gasteiger partial charge >= 0.3 is 0 Å². The van der Waals surface area contributed by atoms with Crippen LogP contribution < -0.4 is 4.57 Å². The number of furan rings is 1. The minimum Gasteiger partial charge on any atom is -0.437 e. The smallest absolute Gasteiger partial charge is 0.227 e. The van der Waals surface area contributed by atoms with Crippen molar-refractivity contribution >= 4 is 43.6 Å². The molecular formula is C30H27N2O+. The summed E-state index contributed by atoms with van der Waals surface area (Å²) in [5.41, 5.74) is 5.79. The molecule has 0 aliphatic carbocycles. The van der Waals surface area contributed by atoms with Gasteiger partial charge in [-0.15, -0.1) is 0 Å². The van der Waals surface area contributed by atoms with E-state index in [0.29, 0.717) is 11.3 Å². The molecule has 0 aliphatic rings. The highest BCUT2D eigenvalue weighted by Gasteiger charge is 2.26. The molecule has 0 saturated heterocycles. The summed E-state index contributed by atoms with van der Waals surface area (Å²) in [6.07, 6.45) is 1.98. The molecule has 0 bridgehead atoms. The monoisotopic (exact) mass is 435 g/mol. The maximum Gasteiger partial charge on any atom is 0.227 e.